The predicted octanol–water partition coefficient (Wildman–Crippen LogP) is 3.59. The highest BCUT2D eigenvalue weighted by Crippen LogP contribution is 2.30. The molecule has 0 radical (unpaired) electrons. The van der Waals surface area contributed by atoms with Crippen LogP contribution in [0.15, 0.2) is 30.3 Å². The molecule has 1 aromatic rings. The van der Waals surface area contributed by atoms with Crippen LogP contribution in [0.4, 0.5) is 0 Å². The van der Waals surface area contributed by atoms with Gasteiger partial charge in [-0.1, -0.05) is 45.9 Å². The van der Waals surface area contributed by atoms with Gasteiger partial charge in [0.15, 0.2) is 6.10 Å². The SMILES string of the molecule is CC(CC(Oc1ccccc1)C(=O)O)C(C)(C)C. The maximum Gasteiger partial charge on any atom is 0.344 e. The van der Waals surface area contributed by atoms with E-state index in [0.29, 0.717) is 12.2 Å². The van der Waals surface area contributed by atoms with Gasteiger partial charge in [-0.15, -0.1) is 0 Å². The smallest absolute Gasteiger partial charge is 0.344 e. The van der Waals surface area contributed by atoms with Gasteiger partial charge in [0.1, 0.15) is 5.75 Å². The summed E-state index contributed by atoms with van der Waals surface area (Å²) in [6, 6.07) is 9.10. The zero-order valence-corrected chi connectivity index (χ0v) is 11.5. The third-order valence-corrected chi connectivity index (χ3v) is 3.34. The van der Waals surface area contributed by atoms with Gasteiger partial charge in [0.05, 0.1) is 0 Å². The molecule has 0 fully saturated rings. The Kier molecular flexibility index (Phi) is 4.76. The summed E-state index contributed by atoms with van der Waals surface area (Å²) in [5.41, 5.74) is 0.0771. The number of carboxylic acids is 1. The van der Waals surface area contributed by atoms with Crippen LogP contribution in [0.1, 0.15) is 34.1 Å². The number of para-hydroxylation sites is 1. The van der Waals surface area contributed by atoms with Crippen LogP contribution in [0.5, 0.6) is 5.75 Å². The molecule has 1 rings (SSSR count). The number of aliphatic carboxylic acids is 1. The molecule has 18 heavy (non-hydrogen) atoms. The van der Waals surface area contributed by atoms with Crippen LogP contribution in [0.2, 0.25) is 0 Å². The summed E-state index contributed by atoms with van der Waals surface area (Å²) in [5, 5.41) is 9.22. The van der Waals surface area contributed by atoms with Gasteiger partial charge in [0, 0.05) is 0 Å². The molecule has 0 aliphatic heterocycles. The van der Waals surface area contributed by atoms with E-state index in [1.807, 2.05) is 18.2 Å². The first-order valence-corrected chi connectivity index (χ1v) is 6.25. The van der Waals surface area contributed by atoms with Crippen LogP contribution in [0, 0.1) is 11.3 Å². The van der Waals surface area contributed by atoms with Crippen molar-refractivity contribution in [3.8, 4) is 5.75 Å². The average molecular weight is 250 g/mol. The Bertz CT molecular complexity index is 378. The summed E-state index contributed by atoms with van der Waals surface area (Å²) in [5.74, 6) is -0.0386. The Morgan fingerprint density at radius 2 is 1.83 bits per heavy atom. The van der Waals surface area contributed by atoms with Gasteiger partial charge < -0.3 is 9.84 Å². The summed E-state index contributed by atoms with van der Waals surface area (Å²) >= 11 is 0. The van der Waals surface area contributed by atoms with E-state index >= 15 is 0 Å². The van der Waals surface area contributed by atoms with E-state index in [9.17, 15) is 9.90 Å². The van der Waals surface area contributed by atoms with E-state index in [-0.39, 0.29) is 11.3 Å². The molecule has 0 aromatic heterocycles. The second-order valence-electron chi connectivity index (χ2n) is 5.76. The average Bonchev–Trinajstić information content (AvgIpc) is 2.28. The highest BCUT2D eigenvalue weighted by molar-refractivity contribution is 5.72. The van der Waals surface area contributed by atoms with Gasteiger partial charge in [-0.3, -0.25) is 0 Å². The van der Waals surface area contributed by atoms with E-state index in [4.69, 9.17) is 4.74 Å². The first-order chi connectivity index (χ1) is 8.30. The summed E-state index contributed by atoms with van der Waals surface area (Å²) in [6.45, 7) is 8.39. The highest BCUT2D eigenvalue weighted by atomic mass is 16.5. The number of hydrogen-bond acceptors (Lipinski definition) is 2. The topological polar surface area (TPSA) is 46.5 Å². The lowest BCUT2D eigenvalue weighted by molar-refractivity contribution is -0.146. The fourth-order valence-corrected chi connectivity index (χ4v) is 1.54. The van der Waals surface area contributed by atoms with Gasteiger partial charge in [0.25, 0.3) is 0 Å². The quantitative estimate of drug-likeness (QED) is 0.868. The molecule has 100 valence electrons. The van der Waals surface area contributed by atoms with Gasteiger partial charge in [-0.25, -0.2) is 4.79 Å². The predicted molar refractivity (Wildman–Crippen MR) is 71.7 cm³/mol. The van der Waals surface area contributed by atoms with Crippen molar-refractivity contribution in [2.75, 3.05) is 0 Å². The molecule has 0 spiro atoms. The van der Waals surface area contributed by atoms with Crippen molar-refractivity contribution >= 4 is 5.97 Å². The van der Waals surface area contributed by atoms with Crippen LogP contribution in [0.25, 0.3) is 0 Å². The zero-order chi connectivity index (χ0) is 13.8. The van der Waals surface area contributed by atoms with Crippen molar-refractivity contribution < 1.29 is 14.6 Å². The van der Waals surface area contributed by atoms with E-state index in [2.05, 4.69) is 27.7 Å². The van der Waals surface area contributed by atoms with E-state index in [1.165, 1.54) is 0 Å². The Morgan fingerprint density at radius 1 is 1.28 bits per heavy atom. The number of carboxylic acid groups (broad SMARTS) is 1. The first kappa shape index (κ1) is 14.6. The minimum Gasteiger partial charge on any atom is -0.479 e. The van der Waals surface area contributed by atoms with Gasteiger partial charge in [0.2, 0.25) is 0 Å². The molecule has 2 unspecified atom stereocenters. The normalized spacial score (nSPS) is 14.9. The molecule has 0 aliphatic carbocycles. The van der Waals surface area contributed by atoms with Crippen molar-refractivity contribution in [3.63, 3.8) is 0 Å². The molecule has 0 heterocycles. The minimum atomic E-state index is -0.907. The van der Waals surface area contributed by atoms with Gasteiger partial charge in [-0.2, -0.15) is 0 Å². The van der Waals surface area contributed by atoms with Crippen molar-refractivity contribution in [1.82, 2.24) is 0 Å². The third-order valence-electron chi connectivity index (χ3n) is 3.34. The second kappa shape index (κ2) is 5.89. The lowest BCUT2D eigenvalue weighted by atomic mass is 9.79. The van der Waals surface area contributed by atoms with E-state index in [1.54, 1.807) is 12.1 Å². The summed E-state index contributed by atoms with van der Waals surface area (Å²) in [7, 11) is 0. The molecule has 1 aromatic carbocycles. The number of benzene rings is 1. The molecule has 3 nitrogen and oxygen atoms in total. The first-order valence-electron chi connectivity index (χ1n) is 6.25. The van der Waals surface area contributed by atoms with Crippen LogP contribution >= 0.6 is 0 Å². The largest absolute Gasteiger partial charge is 0.479 e. The van der Waals surface area contributed by atoms with Gasteiger partial charge >= 0.3 is 5.97 Å². The molecule has 0 bridgehead atoms. The maximum absolute atomic E-state index is 11.2. The van der Waals surface area contributed by atoms with Gasteiger partial charge in [-0.05, 0) is 29.9 Å². The lowest BCUT2D eigenvalue weighted by Gasteiger charge is -2.29. The standard InChI is InChI=1S/C15H22O3/c1-11(15(2,3)4)10-13(14(16)17)18-12-8-6-5-7-9-12/h5-9,11,13H,10H2,1-4H3,(H,16,17). The van der Waals surface area contributed by atoms with E-state index in [0.717, 1.165) is 0 Å². The highest BCUT2D eigenvalue weighted by Gasteiger charge is 2.28. The molecular formula is C15H22O3. The number of hydrogen-bond donors (Lipinski definition) is 1. The molecular weight excluding hydrogens is 228 g/mol. The molecule has 0 aliphatic rings. The van der Waals surface area contributed by atoms with Crippen LogP contribution in [0.3, 0.4) is 0 Å². The number of ether oxygens (including phenoxy) is 1. The van der Waals surface area contributed by atoms with Crippen molar-refractivity contribution in [2.45, 2.75) is 40.2 Å². The van der Waals surface area contributed by atoms with Crippen LogP contribution in [-0.4, -0.2) is 17.2 Å². The number of carbonyl (C=O) groups is 1. The second-order valence-corrected chi connectivity index (χ2v) is 5.76. The summed E-state index contributed by atoms with van der Waals surface area (Å²) in [6.07, 6.45) is -0.282. The van der Waals surface area contributed by atoms with Crippen LogP contribution < -0.4 is 4.74 Å². The van der Waals surface area contributed by atoms with Crippen molar-refractivity contribution in [2.24, 2.45) is 11.3 Å². The third kappa shape index (κ3) is 4.40. The molecule has 2 atom stereocenters. The molecule has 0 saturated carbocycles. The summed E-state index contributed by atoms with van der Waals surface area (Å²) in [4.78, 5) is 11.2. The Morgan fingerprint density at radius 3 is 2.28 bits per heavy atom. The molecule has 3 heteroatoms. The molecule has 1 N–H and O–H groups in total. The molecule has 0 saturated heterocycles. The van der Waals surface area contributed by atoms with Crippen molar-refractivity contribution in [1.29, 1.82) is 0 Å². The fourth-order valence-electron chi connectivity index (χ4n) is 1.54. The minimum absolute atomic E-state index is 0.0771. The maximum atomic E-state index is 11.2. The Balaban J connectivity index is 2.70. The zero-order valence-electron chi connectivity index (χ0n) is 11.5. The Labute approximate surface area is 109 Å². The number of rotatable bonds is 5. The van der Waals surface area contributed by atoms with Crippen molar-refractivity contribution in [3.05, 3.63) is 30.3 Å². The summed E-state index contributed by atoms with van der Waals surface area (Å²) < 4.78 is 5.54. The fraction of sp³-hybridized carbons (Fsp3) is 0.533. The molecule has 0 amide bonds. The van der Waals surface area contributed by atoms with E-state index < -0.39 is 12.1 Å². The monoisotopic (exact) mass is 250 g/mol. The Hall–Kier alpha value is -1.51. The lowest BCUT2D eigenvalue weighted by Crippen LogP contribution is -2.32. The van der Waals surface area contributed by atoms with Crippen LogP contribution in [-0.2, 0) is 4.79 Å².